The van der Waals surface area contributed by atoms with E-state index < -0.39 is 5.60 Å². The predicted octanol–water partition coefficient (Wildman–Crippen LogP) is 1.46. The SMILES string of the molecule is C[C@]1(c2ccccc2)C[C@H](CO)C(=O)O1. The van der Waals surface area contributed by atoms with E-state index in [1.807, 2.05) is 37.3 Å². The third-order valence-electron chi connectivity index (χ3n) is 2.90. The number of hydrogen-bond acceptors (Lipinski definition) is 3. The van der Waals surface area contributed by atoms with Gasteiger partial charge in [0.25, 0.3) is 0 Å². The molecule has 0 saturated carbocycles. The molecule has 2 atom stereocenters. The van der Waals surface area contributed by atoms with Gasteiger partial charge in [-0.2, -0.15) is 0 Å². The van der Waals surface area contributed by atoms with Crippen molar-refractivity contribution >= 4 is 5.97 Å². The minimum Gasteiger partial charge on any atom is -0.454 e. The number of hydrogen-bond donors (Lipinski definition) is 1. The first-order chi connectivity index (χ1) is 7.15. The fourth-order valence-electron chi connectivity index (χ4n) is 2.01. The van der Waals surface area contributed by atoms with E-state index in [4.69, 9.17) is 9.84 Å². The minimum absolute atomic E-state index is 0.138. The highest BCUT2D eigenvalue weighted by Crippen LogP contribution is 2.38. The zero-order chi connectivity index (χ0) is 10.9. The van der Waals surface area contributed by atoms with Crippen LogP contribution in [0.4, 0.5) is 0 Å². The third-order valence-corrected chi connectivity index (χ3v) is 2.90. The monoisotopic (exact) mass is 206 g/mol. The highest BCUT2D eigenvalue weighted by molar-refractivity contribution is 5.75. The normalized spacial score (nSPS) is 30.3. The molecule has 0 spiro atoms. The van der Waals surface area contributed by atoms with Crippen LogP contribution in [0.15, 0.2) is 30.3 Å². The van der Waals surface area contributed by atoms with Gasteiger partial charge in [-0.25, -0.2) is 0 Å². The van der Waals surface area contributed by atoms with Crippen LogP contribution < -0.4 is 0 Å². The number of carbonyl (C=O) groups is 1. The first-order valence-electron chi connectivity index (χ1n) is 5.05. The summed E-state index contributed by atoms with van der Waals surface area (Å²) >= 11 is 0. The number of esters is 1. The van der Waals surface area contributed by atoms with Crippen molar-refractivity contribution in [3.05, 3.63) is 35.9 Å². The van der Waals surface area contributed by atoms with Gasteiger partial charge in [-0.1, -0.05) is 30.3 Å². The second kappa shape index (κ2) is 3.66. The van der Waals surface area contributed by atoms with Crippen LogP contribution in [0.5, 0.6) is 0 Å². The van der Waals surface area contributed by atoms with E-state index in [-0.39, 0.29) is 18.5 Å². The molecule has 1 heterocycles. The molecule has 15 heavy (non-hydrogen) atoms. The number of carbonyl (C=O) groups excluding carboxylic acids is 1. The Hall–Kier alpha value is -1.35. The summed E-state index contributed by atoms with van der Waals surface area (Å²) in [5.41, 5.74) is 0.403. The van der Waals surface area contributed by atoms with Crippen molar-refractivity contribution in [2.45, 2.75) is 18.9 Å². The lowest BCUT2D eigenvalue weighted by atomic mass is 9.89. The Kier molecular flexibility index (Phi) is 2.49. The van der Waals surface area contributed by atoms with Crippen molar-refractivity contribution in [1.29, 1.82) is 0 Å². The molecular formula is C12H14O3. The molecule has 1 aromatic rings. The first-order valence-corrected chi connectivity index (χ1v) is 5.05. The maximum absolute atomic E-state index is 11.4. The summed E-state index contributed by atoms with van der Waals surface area (Å²) < 4.78 is 5.34. The summed E-state index contributed by atoms with van der Waals surface area (Å²) in [6.07, 6.45) is 0.548. The molecule has 0 aliphatic carbocycles. The second-order valence-corrected chi connectivity index (χ2v) is 4.10. The molecule has 3 nitrogen and oxygen atoms in total. The Morgan fingerprint density at radius 2 is 2.13 bits per heavy atom. The number of benzene rings is 1. The molecule has 80 valence electrons. The molecule has 1 N–H and O–H groups in total. The van der Waals surface area contributed by atoms with Gasteiger partial charge in [0.15, 0.2) is 0 Å². The second-order valence-electron chi connectivity index (χ2n) is 4.10. The van der Waals surface area contributed by atoms with Crippen molar-refractivity contribution in [1.82, 2.24) is 0 Å². The Morgan fingerprint density at radius 1 is 1.47 bits per heavy atom. The van der Waals surface area contributed by atoms with Gasteiger partial charge in [-0.3, -0.25) is 4.79 Å². The molecule has 2 rings (SSSR count). The molecule has 0 bridgehead atoms. The van der Waals surface area contributed by atoms with Crippen LogP contribution in [0.1, 0.15) is 18.9 Å². The number of ether oxygens (including phenoxy) is 1. The molecule has 1 fully saturated rings. The van der Waals surface area contributed by atoms with Crippen LogP contribution in [0.25, 0.3) is 0 Å². The summed E-state index contributed by atoms with van der Waals surface area (Å²) in [6, 6.07) is 9.63. The highest BCUT2D eigenvalue weighted by atomic mass is 16.6. The quantitative estimate of drug-likeness (QED) is 0.745. The number of rotatable bonds is 2. The van der Waals surface area contributed by atoms with E-state index in [0.717, 1.165) is 5.56 Å². The summed E-state index contributed by atoms with van der Waals surface area (Å²) in [6.45, 7) is 1.75. The summed E-state index contributed by atoms with van der Waals surface area (Å²) in [5.74, 6) is -0.681. The first kappa shape index (κ1) is 10.2. The topological polar surface area (TPSA) is 46.5 Å². The van der Waals surface area contributed by atoms with Crippen molar-refractivity contribution in [2.75, 3.05) is 6.61 Å². The van der Waals surface area contributed by atoms with Gasteiger partial charge in [0.1, 0.15) is 5.60 Å². The van der Waals surface area contributed by atoms with E-state index in [9.17, 15) is 4.79 Å². The van der Waals surface area contributed by atoms with Gasteiger partial charge < -0.3 is 9.84 Å². The van der Waals surface area contributed by atoms with Gasteiger partial charge >= 0.3 is 5.97 Å². The smallest absolute Gasteiger partial charge is 0.312 e. The summed E-state index contributed by atoms with van der Waals surface area (Å²) in [4.78, 5) is 11.4. The zero-order valence-electron chi connectivity index (χ0n) is 8.64. The molecule has 0 unspecified atom stereocenters. The maximum Gasteiger partial charge on any atom is 0.312 e. The largest absolute Gasteiger partial charge is 0.454 e. The predicted molar refractivity (Wildman–Crippen MR) is 55.1 cm³/mol. The van der Waals surface area contributed by atoms with E-state index in [0.29, 0.717) is 6.42 Å². The Labute approximate surface area is 88.7 Å². The van der Waals surface area contributed by atoms with E-state index in [2.05, 4.69) is 0 Å². The molecule has 1 aromatic carbocycles. The Balaban J connectivity index is 2.27. The van der Waals surface area contributed by atoms with E-state index in [1.54, 1.807) is 0 Å². The average Bonchev–Trinajstić information content (AvgIpc) is 2.56. The number of aliphatic hydroxyl groups excluding tert-OH is 1. The van der Waals surface area contributed by atoms with E-state index in [1.165, 1.54) is 0 Å². The van der Waals surface area contributed by atoms with Crippen molar-refractivity contribution in [3.63, 3.8) is 0 Å². The number of cyclic esters (lactones) is 1. The standard InChI is InChI=1S/C12H14O3/c1-12(10-5-3-2-4-6-10)7-9(8-13)11(14)15-12/h2-6,9,13H,7-8H2,1H3/t9-,12-/m1/s1. The van der Waals surface area contributed by atoms with Crippen LogP contribution in [0.3, 0.4) is 0 Å². The van der Waals surface area contributed by atoms with Gasteiger partial charge in [0.2, 0.25) is 0 Å². The molecule has 0 aromatic heterocycles. The van der Waals surface area contributed by atoms with Crippen molar-refractivity contribution in [3.8, 4) is 0 Å². The summed E-state index contributed by atoms with van der Waals surface area (Å²) in [7, 11) is 0. The van der Waals surface area contributed by atoms with Crippen LogP contribution in [-0.2, 0) is 15.1 Å². The molecule has 1 saturated heterocycles. The molecule has 1 aliphatic heterocycles. The average molecular weight is 206 g/mol. The van der Waals surface area contributed by atoms with Crippen LogP contribution in [0, 0.1) is 5.92 Å². The van der Waals surface area contributed by atoms with Crippen molar-refractivity contribution in [2.24, 2.45) is 5.92 Å². The molecule has 0 radical (unpaired) electrons. The third kappa shape index (κ3) is 1.75. The molecule has 1 aliphatic rings. The van der Waals surface area contributed by atoms with Gasteiger partial charge in [0, 0.05) is 6.42 Å². The summed E-state index contributed by atoms with van der Waals surface area (Å²) in [5, 5.41) is 9.01. The lowest BCUT2D eigenvalue weighted by Gasteiger charge is -2.22. The molecular weight excluding hydrogens is 192 g/mol. The Morgan fingerprint density at radius 3 is 2.67 bits per heavy atom. The minimum atomic E-state index is -0.578. The fraction of sp³-hybridized carbons (Fsp3) is 0.417. The van der Waals surface area contributed by atoms with Crippen LogP contribution >= 0.6 is 0 Å². The maximum atomic E-state index is 11.4. The van der Waals surface area contributed by atoms with Gasteiger partial charge in [0.05, 0.1) is 12.5 Å². The van der Waals surface area contributed by atoms with Crippen molar-refractivity contribution < 1.29 is 14.6 Å². The lowest BCUT2D eigenvalue weighted by molar-refractivity contribution is -0.150. The Bertz CT molecular complexity index is 360. The van der Waals surface area contributed by atoms with Crippen LogP contribution in [0.2, 0.25) is 0 Å². The van der Waals surface area contributed by atoms with E-state index >= 15 is 0 Å². The zero-order valence-corrected chi connectivity index (χ0v) is 8.64. The lowest BCUT2D eigenvalue weighted by Crippen LogP contribution is -2.20. The fourth-order valence-corrected chi connectivity index (χ4v) is 2.01. The molecule has 3 heteroatoms. The highest BCUT2D eigenvalue weighted by Gasteiger charge is 2.44. The number of aliphatic hydroxyl groups is 1. The van der Waals surface area contributed by atoms with Gasteiger partial charge in [-0.15, -0.1) is 0 Å². The van der Waals surface area contributed by atoms with Gasteiger partial charge in [-0.05, 0) is 12.5 Å². The molecule has 0 amide bonds. The van der Waals surface area contributed by atoms with Crippen LogP contribution in [-0.4, -0.2) is 17.7 Å².